The van der Waals surface area contributed by atoms with Crippen molar-refractivity contribution in [2.75, 3.05) is 24.3 Å². The average molecular weight is 268 g/mol. The Hall–Kier alpha value is -1.46. The number of rotatable bonds is 7. The van der Waals surface area contributed by atoms with Crippen LogP contribution < -0.4 is 15.8 Å². The molecule has 0 unspecified atom stereocenters. The van der Waals surface area contributed by atoms with Crippen LogP contribution in [0.4, 0.5) is 11.4 Å². The highest BCUT2D eigenvalue weighted by Gasteiger charge is 2.26. The minimum absolute atomic E-state index is 0.0316. The van der Waals surface area contributed by atoms with E-state index in [4.69, 9.17) is 10.5 Å². The van der Waals surface area contributed by atoms with Gasteiger partial charge in [0.1, 0.15) is 5.75 Å². The molecule has 0 amide bonds. The van der Waals surface area contributed by atoms with Gasteiger partial charge < -0.3 is 26.0 Å². The first kappa shape index (κ1) is 15.6. The van der Waals surface area contributed by atoms with Gasteiger partial charge in [-0.25, -0.2) is 0 Å². The van der Waals surface area contributed by atoms with Crippen LogP contribution in [0.2, 0.25) is 0 Å². The quantitative estimate of drug-likeness (QED) is 0.564. The topological polar surface area (TPSA) is 87.7 Å². The Labute approximate surface area is 114 Å². The van der Waals surface area contributed by atoms with Gasteiger partial charge in [0.05, 0.1) is 30.5 Å². The minimum atomic E-state index is -0.731. The number of ether oxygens (including phenoxy) is 1. The van der Waals surface area contributed by atoms with Crippen LogP contribution in [0.25, 0.3) is 0 Å². The molecule has 5 nitrogen and oxygen atoms in total. The molecule has 0 fully saturated rings. The predicted octanol–water partition coefficient (Wildman–Crippen LogP) is 1.60. The van der Waals surface area contributed by atoms with Gasteiger partial charge in [0.25, 0.3) is 0 Å². The highest BCUT2D eigenvalue weighted by Crippen LogP contribution is 2.28. The molecule has 0 aromatic heterocycles. The van der Waals surface area contributed by atoms with E-state index in [-0.39, 0.29) is 19.3 Å². The van der Waals surface area contributed by atoms with E-state index in [0.717, 1.165) is 5.69 Å². The van der Waals surface area contributed by atoms with Gasteiger partial charge in [-0.05, 0) is 32.4 Å². The van der Waals surface area contributed by atoms with Gasteiger partial charge in [-0.15, -0.1) is 0 Å². The number of nitrogen functional groups attached to an aromatic ring is 1. The van der Waals surface area contributed by atoms with Crippen molar-refractivity contribution in [1.29, 1.82) is 0 Å². The summed E-state index contributed by atoms with van der Waals surface area (Å²) >= 11 is 0. The first-order valence-corrected chi connectivity index (χ1v) is 6.52. The zero-order valence-electron chi connectivity index (χ0n) is 11.8. The molecule has 108 valence electrons. The third-order valence-electron chi connectivity index (χ3n) is 3.07. The van der Waals surface area contributed by atoms with Crippen LogP contribution in [0.5, 0.6) is 5.75 Å². The number of hydrogen-bond acceptors (Lipinski definition) is 5. The van der Waals surface area contributed by atoms with Crippen molar-refractivity contribution in [3.63, 3.8) is 0 Å². The lowest BCUT2D eigenvalue weighted by Crippen LogP contribution is -2.45. The Kier molecular flexibility index (Phi) is 5.44. The van der Waals surface area contributed by atoms with E-state index in [9.17, 15) is 10.2 Å². The maximum atomic E-state index is 9.43. The lowest BCUT2D eigenvalue weighted by molar-refractivity contribution is 0.132. The number of aliphatic hydroxyl groups excluding tert-OH is 2. The predicted molar refractivity (Wildman–Crippen MR) is 77.4 cm³/mol. The molecule has 0 saturated heterocycles. The molecule has 0 heterocycles. The van der Waals surface area contributed by atoms with E-state index in [2.05, 4.69) is 5.32 Å². The van der Waals surface area contributed by atoms with Crippen molar-refractivity contribution in [1.82, 2.24) is 0 Å². The number of hydrogen-bond donors (Lipinski definition) is 4. The Balaban J connectivity index is 2.95. The van der Waals surface area contributed by atoms with E-state index in [0.29, 0.717) is 17.9 Å². The van der Waals surface area contributed by atoms with Crippen LogP contribution in [0, 0.1) is 0 Å². The third-order valence-corrected chi connectivity index (χ3v) is 3.07. The van der Waals surface area contributed by atoms with Crippen LogP contribution >= 0.6 is 0 Å². The summed E-state index contributed by atoms with van der Waals surface area (Å²) in [5.74, 6) is 0.598. The highest BCUT2D eigenvalue weighted by molar-refractivity contribution is 5.62. The van der Waals surface area contributed by atoms with Crippen molar-refractivity contribution in [3.8, 4) is 5.75 Å². The second kappa shape index (κ2) is 6.63. The molecule has 0 bridgehead atoms. The van der Waals surface area contributed by atoms with Crippen molar-refractivity contribution in [2.45, 2.75) is 38.8 Å². The summed E-state index contributed by atoms with van der Waals surface area (Å²) in [6.07, 6.45) is 0.634. The molecule has 0 aliphatic rings. The fraction of sp³-hybridized carbons (Fsp3) is 0.571. The minimum Gasteiger partial charge on any atom is -0.489 e. The first-order valence-electron chi connectivity index (χ1n) is 6.52. The highest BCUT2D eigenvalue weighted by atomic mass is 16.5. The molecule has 0 aliphatic heterocycles. The Morgan fingerprint density at radius 2 is 1.95 bits per heavy atom. The van der Waals surface area contributed by atoms with Gasteiger partial charge in [-0.3, -0.25) is 0 Å². The zero-order valence-corrected chi connectivity index (χ0v) is 11.8. The molecular weight excluding hydrogens is 244 g/mol. The number of nitrogens with one attached hydrogen (secondary N) is 1. The normalized spacial score (nSPS) is 11.7. The van der Waals surface area contributed by atoms with Crippen LogP contribution in [0.1, 0.15) is 27.2 Å². The van der Waals surface area contributed by atoms with Crippen LogP contribution in [-0.4, -0.2) is 35.1 Å². The van der Waals surface area contributed by atoms with Crippen LogP contribution in [0.3, 0.4) is 0 Å². The number of anilines is 2. The molecule has 1 aromatic rings. The average Bonchev–Trinajstić information content (AvgIpc) is 2.39. The Morgan fingerprint density at radius 3 is 2.42 bits per heavy atom. The van der Waals surface area contributed by atoms with Gasteiger partial charge in [-0.2, -0.15) is 0 Å². The second-order valence-electron chi connectivity index (χ2n) is 4.99. The van der Waals surface area contributed by atoms with Gasteiger partial charge in [0, 0.05) is 11.8 Å². The maximum absolute atomic E-state index is 9.43. The molecular formula is C14H24N2O3. The molecule has 19 heavy (non-hydrogen) atoms. The zero-order chi connectivity index (χ0) is 14.5. The summed E-state index contributed by atoms with van der Waals surface area (Å²) in [6.45, 7) is 5.46. The summed E-state index contributed by atoms with van der Waals surface area (Å²) in [6, 6.07) is 5.33. The Morgan fingerprint density at radius 1 is 1.32 bits per heavy atom. The van der Waals surface area contributed by atoms with E-state index < -0.39 is 5.54 Å². The van der Waals surface area contributed by atoms with Gasteiger partial charge >= 0.3 is 0 Å². The molecule has 0 saturated carbocycles. The van der Waals surface area contributed by atoms with Gasteiger partial charge in [-0.1, -0.05) is 6.92 Å². The Bertz CT molecular complexity index is 395. The monoisotopic (exact) mass is 268 g/mol. The molecule has 0 spiro atoms. The largest absolute Gasteiger partial charge is 0.489 e. The fourth-order valence-electron chi connectivity index (χ4n) is 1.72. The van der Waals surface area contributed by atoms with Crippen LogP contribution in [-0.2, 0) is 0 Å². The summed E-state index contributed by atoms with van der Waals surface area (Å²) in [4.78, 5) is 0. The lowest BCUT2D eigenvalue weighted by atomic mass is 9.98. The standard InChI is InChI=1S/C14H24N2O3/c1-4-14(8-17,9-18)16-11-5-6-12(15)13(7-11)19-10(2)3/h5-7,10,16-18H,4,8-9,15H2,1-3H3. The molecule has 5 heteroatoms. The van der Waals surface area contributed by atoms with Crippen molar-refractivity contribution >= 4 is 11.4 Å². The van der Waals surface area contributed by atoms with E-state index in [1.54, 1.807) is 18.2 Å². The third kappa shape index (κ3) is 4.01. The van der Waals surface area contributed by atoms with E-state index in [1.807, 2.05) is 20.8 Å². The van der Waals surface area contributed by atoms with E-state index in [1.165, 1.54) is 0 Å². The van der Waals surface area contributed by atoms with Gasteiger partial charge in [0.2, 0.25) is 0 Å². The lowest BCUT2D eigenvalue weighted by Gasteiger charge is -2.31. The van der Waals surface area contributed by atoms with Crippen molar-refractivity contribution in [2.24, 2.45) is 0 Å². The SMILES string of the molecule is CCC(CO)(CO)Nc1ccc(N)c(OC(C)C)c1. The fourth-order valence-corrected chi connectivity index (χ4v) is 1.72. The van der Waals surface area contributed by atoms with E-state index >= 15 is 0 Å². The van der Waals surface area contributed by atoms with Crippen molar-refractivity contribution in [3.05, 3.63) is 18.2 Å². The summed E-state index contributed by atoms with van der Waals surface area (Å²) in [7, 11) is 0. The molecule has 1 aromatic carbocycles. The number of aliphatic hydroxyl groups is 2. The molecule has 0 aliphatic carbocycles. The summed E-state index contributed by atoms with van der Waals surface area (Å²) < 4.78 is 5.61. The second-order valence-corrected chi connectivity index (χ2v) is 4.99. The van der Waals surface area contributed by atoms with Crippen molar-refractivity contribution < 1.29 is 14.9 Å². The number of nitrogens with two attached hydrogens (primary N) is 1. The maximum Gasteiger partial charge on any atom is 0.144 e. The molecule has 1 rings (SSSR count). The van der Waals surface area contributed by atoms with Crippen LogP contribution in [0.15, 0.2) is 18.2 Å². The molecule has 5 N–H and O–H groups in total. The summed E-state index contributed by atoms with van der Waals surface area (Å²) in [5.41, 5.74) is 6.44. The van der Waals surface area contributed by atoms with Gasteiger partial charge in [0.15, 0.2) is 0 Å². The summed E-state index contributed by atoms with van der Waals surface area (Å²) in [5, 5.41) is 22.0. The first-order chi connectivity index (χ1) is 8.96. The molecule has 0 radical (unpaired) electrons. The molecule has 0 atom stereocenters. The smallest absolute Gasteiger partial charge is 0.144 e. The number of benzene rings is 1.